The molecule has 1 heterocycles. The zero-order valence-corrected chi connectivity index (χ0v) is 13.2. The number of likely N-dealkylation sites (tertiary alicyclic amines) is 1. The van der Waals surface area contributed by atoms with Crippen molar-refractivity contribution in [3.05, 3.63) is 34.9 Å². The highest BCUT2D eigenvalue weighted by Crippen LogP contribution is 2.25. The Bertz CT molecular complexity index is 427. The van der Waals surface area contributed by atoms with Crippen molar-refractivity contribution >= 4 is 0 Å². The Kier molecular flexibility index (Phi) is 5.62. The van der Waals surface area contributed by atoms with Gasteiger partial charge in [0, 0.05) is 12.6 Å². The van der Waals surface area contributed by atoms with Crippen molar-refractivity contribution in [1.82, 2.24) is 4.90 Å². The van der Waals surface area contributed by atoms with Gasteiger partial charge in [-0.1, -0.05) is 38.0 Å². The molecule has 2 nitrogen and oxygen atoms in total. The maximum absolute atomic E-state index is 10.5. The SMILES string of the molecule is CCCC1CCCCN1CC(O)c1ccc(C)c(C)c1. The number of β-amino-alcohol motifs (C(OH)–C–C–N with tert-alkyl or cyclic N) is 1. The molecule has 1 aliphatic heterocycles. The number of hydrogen-bond donors (Lipinski definition) is 1. The van der Waals surface area contributed by atoms with Crippen LogP contribution in [0.5, 0.6) is 0 Å². The van der Waals surface area contributed by atoms with Gasteiger partial charge in [-0.15, -0.1) is 0 Å². The fraction of sp³-hybridized carbons (Fsp3) is 0.667. The van der Waals surface area contributed by atoms with Crippen LogP contribution in [-0.4, -0.2) is 29.1 Å². The van der Waals surface area contributed by atoms with E-state index in [0.717, 1.165) is 18.7 Å². The first kappa shape index (κ1) is 15.5. The summed E-state index contributed by atoms with van der Waals surface area (Å²) in [6.45, 7) is 8.42. The van der Waals surface area contributed by atoms with Gasteiger partial charge in [0.2, 0.25) is 0 Å². The van der Waals surface area contributed by atoms with Crippen LogP contribution in [0.4, 0.5) is 0 Å². The lowest BCUT2D eigenvalue weighted by atomic mass is 9.96. The molecular formula is C18H29NO. The molecule has 0 saturated carbocycles. The third-order valence-electron chi connectivity index (χ3n) is 4.69. The van der Waals surface area contributed by atoms with Gasteiger partial charge in [0.15, 0.2) is 0 Å². The number of hydrogen-bond acceptors (Lipinski definition) is 2. The number of aliphatic hydroxyl groups excluding tert-OH is 1. The van der Waals surface area contributed by atoms with Gasteiger partial charge in [-0.05, 0) is 56.3 Å². The van der Waals surface area contributed by atoms with Crippen molar-refractivity contribution < 1.29 is 5.11 Å². The first-order valence-electron chi connectivity index (χ1n) is 8.11. The second kappa shape index (κ2) is 7.24. The van der Waals surface area contributed by atoms with Crippen molar-refractivity contribution in [3.8, 4) is 0 Å². The summed E-state index contributed by atoms with van der Waals surface area (Å²) in [4.78, 5) is 2.51. The van der Waals surface area contributed by atoms with E-state index in [1.54, 1.807) is 0 Å². The predicted octanol–water partition coefficient (Wildman–Crippen LogP) is 3.99. The molecule has 1 fully saturated rings. The second-order valence-corrected chi connectivity index (χ2v) is 6.29. The van der Waals surface area contributed by atoms with Crippen LogP contribution in [0.1, 0.15) is 61.8 Å². The van der Waals surface area contributed by atoms with Crippen molar-refractivity contribution in [2.24, 2.45) is 0 Å². The van der Waals surface area contributed by atoms with Crippen LogP contribution < -0.4 is 0 Å². The summed E-state index contributed by atoms with van der Waals surface area (Å²) in [7, 11) is 0. The lowest BCUT2D eigenvalue weighted by Gasteiger charge is -2.37. The summed E-state index contributed by atoms with van der Waals surface area (Å²) in [5.41, 5.74) is 3.63. The Balaban J connectivity index is 2.01. The van der Waals surface area contributed by atoms with Crippen molar-refractivity contribution in [2.75, 3.05) is 13.1 Å². The highest BCUT2D eigenvalue weighted by atomic mass is 16.3. The fourth-order valence-corrected chi connectivity index (χ4v) is 3.26. The second-order valence-electron chi connectivity index (χ2n) is 6.29. The normalized spacial score (nSPS) is 21.9. The molecule has 1 N–H and O–H groups in total. The van der Waals surface area contributed by atoms with Crippen molar-refractivity contribution in [2.45, 2.75) is 65.0 Å². The molecule has 0 spiro atoms. The van der Waals surface area contributed by atoms with E-state index in [0.29, 0.717) is 6.04 Å². The molecule has 20 heavy (non-hydrogen) atoms. The first-order valence-corrected chi connectivity index (χ1v) is 8.11. The monoisotopic (exact) mass is 275 g/mol. The maximum atomic E-state index is 10.5. The van der Waals surface area contributed by atoms with Gasteiger partial charge in [-0.25, -0.2) is 0 Å². The maximum Gasteiger partial charge on any atom is 0.0917 e. The molecule has 0 bridgehead atoms. The molecule has 2 unspecified atom stereocenters. The molecule has 2 atom stereocenters. The van der Waals surface area contributed by atoms with E-state index < -0.39 is 0 Å². The van der Waals surface area contributed by atoms with Crippen molar-refractivity contribution in [1.29, 1.82) is 0 Å². The molecule has 2 heteroatoms. The molecule has 0 aromatic heterocycles. The van der Waals surface area contributed by atoms with E-state index in [-0.39, 0.29) is 6.10 Å². The Hall–Kier alpha value is -0.860. The average Bonchev–Trinajstić information content (AvgIpc) is 2.44. The summed E-state index contributed by atoms with van der Waals surface area (Å²) in [5.74, 6) is 0. The van der Waals surface area contributed by atoms with Crippen LogP contribution in [0.15, 0.2) is 18.2 Å². The molecule has 2 rings (SSSR count). The number of aryl methyl sites for hydroxylation is 2. The molecule has 1 aromatic rings. The largest absolute Gasteiger partial charge is 0.387 e. The minimum absolute atomic E-state index is 0.355. The highest BCUT2D eigenvalue weighted by molar-refractivity contribution is 5.31. The lowest BCUT2D eigenvalue weighted by molar-refractivity contribution is 0.0635. The van der Waals surface area contributed by atoms with Crippen LogP contribution in [0, 0.1) is 13.8 Å². The fourth-order valence-electron chi connectivity index (χ4n) is 3.26. The van der Waals surface area contributed by atoms with E-state index in [1.165, 1.54) is 43.2 Å². The van der Waals surface area contributed by atoms with Gasteiger partial charge in [0.05, 0.1) is 6.10 Å². The van der Waals surface area contributed by atoms with Gasteiger partial charge < -0.3 is 5.11 Å². The zero-order chi connectivity index (χ0) is 14.5. The van der Waals surface area contributed by atoms with Crippen molar-refractivity contribution in [3.63, 3.8) is 0 Å². The van der Waals surface area contributed by atoms with Gasteiger partial charge >= 0.3 is 0 Å². The van der Waals surface area contributed by atoms with Gasteiger partial charge in [0.1, 0.15) is 0 Å². The van der Waals surface area contributed by atoms with Crippen LogP contribution in [-0.2, 0) is 0 Å². The minimum Gasteiger partial charge on any atom is -0.387 e. The van der Waals surface area contributed by atoms with Gasteiger partial charge in [-0.3, -0.25) is 4.90 Å². The number of aliphatic hydroxyl groups is 1. The summed E-state index contributed by atoms with van der Waals surface area (Å²) in [5, 5.41) is 10.5. The molecule has 0 aliphatic carbocycles. The van der Waals surface area contributed by atoms with Gasteiger partial charge in [0.25, 0.3) is 0 Å². The van der Waals surface area contributed by atoms with E-state index in [2.05, 4.69) is 43.9 Å². The first-order chi connectivity index (χ1) is 9.61. The highest BCUT2D eigenvalue weighted by Gasteiger charge is 2.24. The Morgan fingerprint density at radius 2 is 2.05 bits per heavy atom. The Morgan fingerprint density at radius 3 is 2.75 bits per heavy atom. The third-order valence-corrected chi connectivity index (χ3v) is 4.69. The molecule has 1 aliphatic rings. The third kappa shape index (κ3) is 3.83. The Labute approximate surface area is 123 Å². The molecular weight excluding hydrogens is 246 g/mol. The quantitative estimate of drug-likeness (QED) is 0.878. The molecule has 112 valence electrons. The number of nitrogens with zero attached hydrogens (tertiary/aromatic N) is 1. The van der Waals surface area contributed by atoms with Gasteiger partial charge in [-0.2, -0.15) is 0 Å². The van der Waals surface area contributed by atoms with E-state index >= 15 is 0 Å². The summed E-state index contributed by atoms with van der Waals surface area (Å²) in [6.07, 6.45) is 6.07. The number of benzene rings is 1. The van der Waals surface area contributed by atoms with E-state index in [4.69, 9.17) is 0 Å². The van der Waals surface area contributed by atoms with E-state index in [1.807, 2.05) is 0 Å². The Morgan fingerprint density at radius 1 is 1.25 bits per heavy atom. The molecule has 1 aromatic carbocycles. The summed E-state index contributed by atoms with van der Waals surface area (Å²) < 4.78 is 0. The van der Waals surface area contributed by atoms with Crippen LogP contribution in [0.25, 0.3) is 0 Å². The smallest absolute Gasteiger partial charge is 0.0917 e. The van der Waals surface area contributed by atoms with Crippen LogP contribution in [0.2, 0.25) is 0 Å². The minimum atomic E-state index is -0.355. The zero-order valence-electron chi connectivity index (χ0n) is 13.2. The van der Waals surface area contributed by atoms with E-state index in [9.17, 15) is 5.11 Å². The number of piperidine rings is 1. The lowest BCUT2D eigenvalue weighted by Crippen LogP contribution is -2.41. The summed E-state index contributed by atoms with van der Waals surface area (Å²) in [6, 6.07) is 7.01. The molecule has 0 radical (unpaired) electrons. The number of rotatable bonds is 5. The predicted molar refractivity (Wildman–Crippen MR) is 85.0 cm³/mol. The topological polar surface area (TPSA) is 23.5 Å². The van der Waals surface area contributed by atoms with Crippen LogP contribution >= 0.6 is 0 Å². The average molecular weight is 275 g/mol. The molecule has 0 amide bonds. The molecule has 1 saturated heterocycles. The van der Waals surface area contributed by atoms with Crippen LogP contribution in [0.3, 0.4) is 0 Å². The summed E-state index contributed by atoms with van der Waals surface area (Å²) >= 11 is 0. The standard InChI is InChI=1S/C18H29NO/c1-4-7-17-8-5-6-11-19(17)13-18(20)16-10-9-14(2)15(3)12-16/h9-10,12,17-18,20H,4-8,11,13H2,1-3H3.